The Kier molecular flexibility index (Phi) is 6.17. The largest absolute Gasteiger partial charge is 1.00 e. The number of methoxy groups -OCH3 is 3. The van der Waals surface area contributed by atoms with E-state index in [0.717, 1.165) is 35.6 Å². The maximum atomic E-state index is 5.65. The molecule has 4 aliphatic carbocycles. The van der Waals surface area contributed by atoms with E-state index in [2.05, 4.69) is 18.3 Å². The van der Waals surface area contributed by atoms with Gasteiger partial charge in [-0.2, -0.15) is 0 Å². The van der Waals surface area contributed by atoms with E-state index in [-0.39, 0.29) is 12.4 Å². The molecule has 4 aliphatic rings. The fourth-order valence-corrected chi connectivity index (χ4v) is 6.49. The highest BCUT2D eigenvalue weighted by Crippen LogP contribution is 2.61. The number of benzene rings is 1. The van der Waals surface area contributed by atoms with Crippen LogP contribution in [-0.4, -0.2) is 27.4 Å². The van der Waals surface area contributed by atoms with E-state index in [4.69, 9.17) is 14.2 Å². The van der Waals surface area contributed by atoms with E-state index >= 15 is 0 Å². The highest BCUT2D eigenvalue weighted by Gasteiger charge is 2.52. The van der Waals surface area contributed by atoms with Crippen molar-refractivity contribution in [3.63, 3.8) is 0 Å². The summed E-state index contributed by atoms with van der Waals surface area (Å²) in [5, 5.41) is 3.84. The van der Waals surface area contributed by atoms with Crippen molar-refractivity contribution in [3.05, 3.63) is 17.7 Å². The molecule has 0 radical (unpaired) electrons. The monoisotopic (exact) mass is 394 g/mol. The molecule has 1 unspecified atom stereocenters. The Morgan fingerprint density at radius 3 is 1.96 bits per heavy atom. The van der Waals surface area contributed by atoms with E-state index in [1.165, 1.54) is 38.5 Å². The maximum absolute atomic E-state index is 5.65. The summed E-state index contributed by atoms with van der Waals surface area (Å²) in [5.41, 5.74) is 1.64. The molecule has 5 rings (SSSR count). The number of ether oxygens (including phenoxy) is 3. The third-order valence-corrected chi connectivity index (χ3v) is 7.39. The molecule has 0 heterocycles. The second-order valence-corrected chi connectivity index (χ2v) is 8.88. The van der Waals surface area contributed by atoms with Gasteiger partial charge in [-0.25, -0.2) is 0 Å². The van der Waals surface area contributed by atoms with E-state index in [9.17, 15) is 0 Å². The van der Waals surface area contributed by atoms with Crippen molar-refractivity contribution in [2.75, 3.05) is 21.3 Å². The van der Waals surface area contributed by atoms with Crippen LogP contribution >= 0.6 is 0 Å². The van der Waals surface area contributed by atoms with Crippen molar-refractivity contribution in [1.29, 1.82) is 0 Å². The van der Waals surface area contributed by atoms with Crippen LogP contribution < -0.4 is 31.9 Å². The number of hydrogen-bond donors (Lipinski definition) is 1. The lowest BCUT2D eigenvalue weighted by Crippen LogP contribution is -3.00. The van der Waals surface area contributed by atoms with Gasteiger partial charge in [-0.15, -0.1) is 0 Å². The molecule has 5 heteroatoms. The van der Waals surface area contributed by atoms with Crippen LogP contribution in [0.3, 0.4) is 0 Å². The number of halogens is 1. The molecule has 4 saturated carbocycles. The van der Waals surface area contributed by atoms with Crippen LogP contribution in [0.25, 0.3) is 0 Å². The van der Waals surface area contributed by atoms with Crippen molar-refractivity contribution in [2.45, 2.75) is 58.0 Å². The second kappa shape index (κ2) is 8.08. The van der Waals surface area contributed by atoms with Gasteiger partial charge in [0.25, 0.3) is 0 Å². The molecule has 1 aromatic carbocycles. The average molecular weight is 395 g/mol. The predicted octanol–water partition coefficient (Wildman–Crippen LogP) is 1.41. The zero-order chi connectivity index (χ0) is 18.3. The Hall–Kier alpha value is -1.13. The molecule has 0 saturated heterocycles. The molecule has 0 amide bonds. The van der Waals surface area contributed by atoms with Gasteiger partial charge in [-0.1, -0.05) is 6.07 Å². The summed E-state index contributed by atoms with van der Waals surface area (Å²) in [4.78, 5) is 0. The minimum absolute atomic E-state index is 0. The lowest BCUT2D eigenvalue weighted by molar-refractivity contribution is -0.0706. The minimum Gasteiger partial charge on any atom is -1.00 e. The first-order chi connectivity index (χ1) is 12.6. The molecule has 4 fully saturated rings. The van der Waals surface area contributed by atoms with Crippen molar-refractivity contribution in [2.24, 2.45) is 23.2 Å². The van der Waals surface area contributed by atoms with Gasteiger partial charge in [0.1, 0.15) is 0 Å². The average Bonchev–Trinajstić information content (AvgIpc) is 2.63. The van der Waals surface area contributed by atoms with E-state index in [1.54, 1.807) is 21.3 Å². The smallest absolute Gasteiger partial charge is 0.203 e. The molecular formula is C22H33ClNO3-. The van der Waals surface area contributed by atoms with Gasteiger partial charge in [0.15, 0.2) is 11.5 Å². The Bertz CT molecular complexity index is 628. The molecule has 1 atom stereocenters. The van der Waals surface area contributed by atoms with Gasteiger partial charge in [0, 0.05) is 18.2 Å². The van der Waals surface area contributed by atoms with Crippen LogP contribution in [-0.2, 0) is 6.54 Å². The Balaban J connectivity index is 0.00000210. The molecule has 1 N–H and O–H groups in total. The minimum atomic E-state index is 0. The molecule has 0 aliphatic heterocycles. The van der Waals surface area contributed by atoms with E-state index in [1.807, 2.05) is 6.07 Å². The summed E-state index contributed by atoms with van der Waals surface area (Å²) < 4.78 is 16.6. The first-order valence-electron chi connectivity index (χ1n) is 10.1. The highest BCUT2D eigenvalue weighted by atomic mass is 35.5. The fourth-order valence-electron chi connectivity index (χ4n) is 6.49. The van der Waals surface area contributed by atoms with Crippen LogP contribution in [0.1, 0.15) is 51.0 Å². The first kappa shape index (κ1) is 20.6. The van der Waals surface area contributed by atoms with Gasteiger partial charge in [0.2, 0.25) is 5.75 Å². The number of hydrogen-bond acceptors (Lipinski definition) is 4. The molecule has 4 nitrogen and oxygen atoms in total. The van der Waals surface area contributed by atoms with Crippen molar-refractivity contribution >= 4 is 0 Å². The topological polar surface area (TPSA) is 39.7 Å². The fraction of sp³-hybridized carbons (Fsp3) is 0.727. The van der Waals surface area contributed by atoms with E-state index in [0.29, 0.717) is 23.0 Å². The van der Waals surface area contributed by atoms with E-state index < -0.39 is 0 Å². The lowest BCUT2D eigenvalue weighted by Gasteiger charge is -2.59. The zero-order valence-corrected chi connectivity index (χ0v) is 17.8. The molecular weight excluding hydrogens is 362 g/mol. The van der Waals surface area contributed by atoms with Gasteiger partial charge in [-0.05, 0) is 74.7 Å². The highest BCUT2D eigenvalue weighted by molar-refractivity contribution is 5.55. The second-order valence-electron chi connectivity index (χ2n) is 8.88. The molecule has 152 valence electrons. The molecule has 27 heavy (non-hydrogen) atoms. The summed E-state index contributed by atoms with van der Waals surface area (Å²) in [6.45, 7) is 3.20. The van der Waals surface area contributed by atoms with Crippen LogP contribution in [0.2, 0.25) is 0 Å². The van der Waals surface area contributed by atoms with Gasteiger partial charge in [0.05, 0.1) is 21.3 Å². The standard InChI is InChI=1S/C22H33NO3.ClH/c1-14(22-10-15-7-16(11-22)9-17(8-15)12-22)23-13-18-5-6-19(24-2)21(26-4)20(18)25-3;/h5-6,14-17,23H,7-13H2,1-4H3;1H/p-1. The zero-order valence-electron chi connectivity index (χ0n) is 17.0. The Labute approximate surface area is 169 Å². The summed E-state index contributed by atoms with van der Waals surface area (Å²) in [6, 6.07) is 4.58. The van der Waals surface area contributed by atoms with Gasteiger partial charge >= 0.3 is 0 Å². The first-order valence-corrected chi connectivity index (χ1v) is 10.1. The lowest BCUT2D eigenvalue weighted by atomic mass is 9.48. The van der Waals surface area contributed by atoms with Crippen LogP contribution in [0.15, 0.2) is 12.1 Å². The van der Waals surface area contributed by atoms with Gasteiger partial charge < -0.3 is 31.9 Å². The van der Waals surface area contributed by atoms with Crippen molar-refractivity contribution in [3.8, 4) is 17.2 Å². The number of nitrogens with one attached hydrogen (secondary N) is 1. The predicted molar refractivity (Wildman–Crippen MR) is 103 cm³/mol. The molecule has 4 bridgehead atoms. The molecule has 0 aromatic heterocycles. The SMILES string of the molecule is COc1ccc(CNC(C)C23CC4CC(CC(C4)C2)C3)c(OC)c1OC.[Cl-]. The third kappa shape index (κ3) is 3.63. The number of rotatable bonds is 7. The normalized spacial score (nSPS) is 31.9. The van der Waals surface area contributed by atoms with Crippen molar-refractivity contribution in [1.82, 2.24) is 5.32 Å². The molecule has 1 aromatic rings. The third-order valence-electron chi connectivity index (χ3n) is 7.39. The Morgan fingerprint density at radius 1 is 0.926 bits per heavy atom. The van der Waals surface area contributed by atoms with Crippen LogP contribution in [0.5, 0.6) is 17.2 Å². The van der Waals surface area contributed by atoms with Crippen molar-refractivity contribution < 1.29 is 26.6 Å². The van der Waals surface area contributed by atoms with Crippen LogP contribution in [0, 0.1) is 23.2 Å². The van der Waals surface area contributed by atoms with Gasteiger partial charge in [-0.3, -0.25) is 0 Å². The summed E-state index contributed by atoms with van der Waals surface area (Å²) in [7, 11) is 5.02. The quantitative estimate of drug-likeness (QED) is 0.759. The Morgan fingerprint density at radius 2 is 1.48 bits per heavy atom. The summed E-state index contributed by atoms with van der Waals surface area (Å²) in [5.74, 6) is 5.12. The summed E-state index contributed by atoms with van der Waals surface area (Å²) in [6.07, 6.45) is 8.77. The summed E-state index contributed by atoms with van der Waals surface area (Å²) >= 11 is 0. The maximum Gasteiger partial charge on any atom is 0.203 e. The molecule has 0 spiro atoms. The van der Waals surface area contributed by atoms with Crippen LogP contribution in [0.4, 0.5) is 0 Å².